The number of nitrogens with zero attached hydrogens (tertiary/aromatic N) is 1. The molecule has 0 aromatic rings. The fraction of sp³-hybridized carbons (Fsp3) is 0.923. The van der Waals surface area contributed by atoms with E-state index in [1.54, 1.807) is 7.11 Å². The van der Waals surface area contributed by atoms with Gasteiger partial charge in [-0.15, -0.1) is 0 Å². The minimum atomic E-state index is -0.173. The molecule has 0 fully saturated rings. The Morgan fingerprint density at radius 2 is 1.94 bits per heavy atom. The van der Waals surface area contributed by atoms with Gasteiger partial charge in [-0.3, -0.25) is 9.69 Å². The number of ether oxygens (including phenoxy) is 1. The maximum absolute atomic E-state index is 12.0. The van der Waals surface area contributed by atoms with Crippen molar-refractivity contribution >= 4 is 5.91 Å². The first-order valence-corrected chi connectivity index (χ1v) is 6.71. The van der Waals surface area contributed by atoms with Crippen molar-refractivity contribution in [2.75, 3.05) is 27.3 Å². The molecule has 2 unspecified atom stereocenters. The number of nitrogens with one attached hydrogen (secondary N) is 1. The molecule has 0 aliphatic rings. The number of amides is 1. The van der Waals surface area contributed by atoms with Crippen LogP contribution in [-0.2, 0) is 9.53 Å². The highest BCUT2D eigenvalue weighted by atomic mass is 16.5. The molecule has 0 aliphatic heterocycles. The van der Waals surface area contributed by atoms with E-state index in [2.05, 4.69) is 19.2 Å². The summed E-state index contributed by atoms with van der Waals surface area (Å²) >= 11 is 0. The van der Waals surface area contributed by atoms with Gasteiger partial charge in [0.25, 0.3) is 0 Å². The van der Waals surface area contributed by atoms with E-state index in [4.69, 9.17) is 10.5 Å². The summed E-state index contributed by atoms with van der Waals surface area (Å²) in [5.74, 6) is 0.0656. The molecule has 0 rings (SSSR count). The summed E-state index contributed by atoms with van der Waals surface area (Å²) in [6.07, 6.45) is 1.92. The highest BCUT2D eigenvalue weighted by Crippen LogP contribution is 2.01. The van der Waals surface area contributed by atoms with Crippen LogP contribution in [0.5, 0.6) is 0 Å². The van der Waals surface area contributed by atoms with Crippen molar-refractivity contribution < 1.29 is 9.53 Å². The molecule has 0 heterocycles. The Labute approximate surface area is 111 Å². The second-order valence-corrected chi connectivity index (χ2v) is 4.85. The van der Waals surface area contributed by atoms with Gasteiger partial charge in [-0.05, 0) is 26.8 Å². The van der Waals surface area contributed by atoms with E-state index in [0.717, 1.165) is 12.8 Å². The summed E-state index contributed by atoms with van der Waals surface area (Å²) < 4.78 is 4.99. The fourth-order valence-electron chi connectivity index (χ4n) is 1.81. The topological polar surface area (TPSA) is 67.6 Å². The number of hydrogen-bond acceptors (Lipinski definition) is 4. The maximum Gasteiger partial charge on any atom is 0.237 e. The molecule has 0 saturated heterocycles. The largest absolute Gasteiger partial charge is 0.383 e. The van der Waals surface area contributed by atoms with E-state index < -0.39 is 0 Å². The third-order valence-electron chi connectivity index (χ3n) is 3.28. The first kappa shape index (κ1) is 17.4. The van der Waals surface area contributed by atoms with E-state index >= 15 is 0 Å². The van der Waals surface area contributed by atoms with Crippen LogP contribution >= 0.6 is 0 Å². The lowest BCUT2D eigenvalue weighted by Crippen LogP contribution is -2.50. The lowest BCUT2D eigenvalue weighted by molar-refractivity contribution is -0.126. The van der Waals surface area contributed by atoms with Crippen molar-refractivity contribution in [1.29, 1.82) is 0 Å². The van der Waals surface area contributed by atoms with Crippen LogP contribution < -0.4 is 11.1 Å². The first-order valence-electron chi connectivity index (χ1n) is 6.71. The zero-order valence-corrected chi connectivity index (χ0v) is 12.4. The average Bonchev–Trinajstić information content (AvgIpc) is 2.34. The molecule has 5 nitrogen and oxygen atoms in total. The molecule has 108 valence electrons. The van der Waals surface area contributed by atoms with Crippen molar-refractivity contribution in [3.8, 4) is 0 Å². The molecule has 3 N–H and O–H groups in total. The maximum atomic E-state index is 12.0. The molecule has 1 amide bonds. The Bertz CT molecular complexity index is 232. The molecule has 2 atom stereocenters. The number of carbonyl (C=O) groups excluding carboxylic acids is 1. The number of carbonyl (C=O) groups is 1. The van der Waals surface area contributed by atoms with Gasteiger partial charge in [0.15, 0.2) is 0 Å². The molecule has 0 spiro atoms. The minimum Gasteiger partial charge on any atom is -0.383 e. The molecule has 18 heavy (non-hydrogen) atoms. The van der Waals surface area contributed by atoms with Crippen molar-refractivity contribution in [3.05, 3.63) is 0 Å². The van der Waals surface area contributed by atoms with Gasteiger partial charge in [-0.25, -0.2) is 0 Å². The molecule has 0 radical (unpaired) electrons. The van der Waals surface area contributed by atoms with Crippen LogP contribution in [0.3, 0.4) is 0 Å². The lowest BCUT2D eigenvalue weighted by Gasteiger charge is -2.28. The summed E-state index contributed by atoms with van der Waals surface area (Å²) in [4.78, 5) is 14.0. The molecule has 0 saturated carbocycles. The molecular formula is C13H29N3O2. The first-order chi connectivity index (χ1) is 8.46. The van der Waals surface area contributed by atoms with Crippen molar-refractivity contribution in [2.45, 2.75) is 51.7 Å². The van der Waals surface area contributed by atoms with Gasteiger partial charge in [0.2, 0.25) is 5.91 Å². The Hall–Kier alpha value is -0.650. The van der Waals surface area contributed by atoms with E-state index in [9.17, 15) is 4.79 Å². The molecule has 0 aromatic heterocycles. The van der Waals surface area contributed by atoms with Crippen LogP contribution in [0.4, 0.5) is 0 Å². The minimum absolute atomic E-state index is 0.0656. The van der Waals surface area contributed by atoms with Crippen molar-refractivity contribution in [1.82, 2.24) is 10.2 Å². The molecule has 0 bridgehead atoms. The molecule has 0 aliphatic carbocycles. The van der Waals surface area contributed by atoms with Gasteiger partial charge in [-0.2, -0.15) is 0 Å². The SMILES string of the molecule is CCC(CC)NC(=O)C(C)N(C)CC(N)COC. The number of nitrogens with two attached hydrogens (primary N) is 1. The number of methoxy groups -OCH3 is 1. The predicted molar refractivity (Wildman–Crippen MR) is 74.5 cm³/mol. The third-order valence-corrected chi connectivity index (χ3v) is 3.28. The predicted octanol–water partition coefficient (Wildman–Crippen LogP) is 0.585. The Morgan fingerprint density at radius 3 is 2.39 bits per heavy atom. The van der Waals surface area contributed by atoms with Gasteiger partial charge in [-0.1, -0.05) is 13.8 Å². The summed E-state index contributed by atoms with van der Waals surface area (Å²) in [5.41, 5.74) is 5.88. The van der Waals surface area contributed by atoms with Crippen LogP contribution in [-0.4, -0.2) is 56.2 Å². The summed E-state index contributed by atoms with van der Waals surface area (Å²) in [6.45, 7) is 7.21. The van der Waals surface area contributed by atoms with Gasteiger partial charge in [0, 0.05) is 25.7 Å². The van der Waals surface area contributed by atoms with E-state index in [1.807, 2.05) is 18.9 Å². The zero-order chi connectivity index (χ0) is 14.1. The average molecular weight is 259 g/mol. The Kier molecular flexibility index (Phi) is 8.97. The summed E-state index contributed by atoms with van der Waals surface area (Å²) in [7, 11) is 3.54. The molecule has 0 aromatic carbocycles. The number of rotatable bonds is 9. The van der Waals surface area contributed by atoms with Crippen LogP contribution in [0.1, 0.15) is 33.6 Å². The van der Waals surface area contributed by atoms with Gasteiger partial charge >= 0.3 is 0 Å². The summed E-state index contributed by atoms with van der Waals surface area (Å²) in [6, 6.07) is 0.0258. The summed E-state index contributed by atoms with van der Waals surface area (Å²) in [5, 5.41) is 3.05. The van der Waals surface area contributed by atoms with Gasteiger partial charge in [0.1, 0.15) is 0 Å². The fourth-order valence-corrected chi connectivity index (χ4v) is 1.81. The molecular weight excluding hydrogens is 230 g/mol. The van der Waals surface area contributed by atoms with E-state index in [0.29, 0.717) is 13.2 Å². The van der Waals surface area contributed by atoms with E-state index in [1.165, 1.54) is 0 Å². The third kappa shape index (κ3) is 6.33. The van der Waals surface area contributed by atoms with Crippen molar-refractivity contribution in [2.24, 2.45) is 5.73 Å². The smallest absolute Gasteiger partial charge is 0.237 e. The highest BCUT2D eigenvalue weighted by Gasteiger charge is 2.21. The standard InChI is InChI=1S/C13H29N3O2/c1-6-12(7-2)15-13(17)10(3)16(4)8-11(14)9-18-5/h10-12H,6-9,14H2,1-5H3,(H,15,17). The van der Waals surface area contributed by atoms with Crippen LogP contribution in [0.2, 0.25) is 0 Å². The molecule has 5 heteroatoms. The van der Waals surface area contributed by atoms with Gasteiger partial charge in [0.05, 0.1) is 12.6 Å². The van der Waals surface area contributed by atoms with Crippen LogP contribution in [0, 0.1) is 0 Å². The second-order valence-electron chi connectivity index (χ2n) is 4.85. The second kappa shape index (κ2) is 9.30. The normalized spacial score (nSPS) is 14.9. The number of hydrogen-bond donors (Lipinski definition) is 2. The highest BCUT2D eigenvalue weighted by molar-refractivity contribution is 5.81. The lowest BCUT2D eigenvalue weighted by atomic mass is 10.1. The zero-order valence-electron chi connectivity index (χ0n) is 12.4. The monoisotopic (exact) mass is 259 g/mol. The Morgan fingerprint density at radius 1 is 1.39 bits per heavy atom. The van der Waals surface area contributed by atoms with Gasteiger partial charge < -0.3 is 15.8 Å². The van der Waals surface area contributed by atoms with Crippen LogP contribution in [0.25, 0.3) is 0 Å². The van der Waals surface area contributed by atoms with Crippen molar-refractivity contribution in [3.63, 3.8) is 0 Å². The van der Waals surface area contributed by atoms with Crippen LogP contribution in [0.15, 0.2) is 0 Å². The number of likely N-dealkylation sites (N-methyl/N-ethyl adjacent to an activating group) is 1. The quantitative estimate of drug-likeness (QED) is 0.636. The van der Waals surface area contributed by atoms with E-state index in [-0.39, 0.29) is 24.0 Å². The Balaban J connectivity index is 4.18.